The van der Waals surface area contributed by atoms with E-state index in [-0.39, 0.29) is 25.3 Å². The van der Waals surface area contributed by atoms with E-state index in [0.29, 0.717) is 33.7 Å². The Balaban J connectivity index is 0.00000256. The van der Waals surface area contributed by atoms with Gasteiger partial charge >= 0.3 is 0 Å². The molecule has 0 bridgehead atoms. The van der Waals surface area contributed by atoms with Gasteiger partial charge < -0.3 is 15.2 Å². The molecule has 7 heteroatoms. The number of aromatic nitrogens is 1. The smallest absolute Gasteiger partial charge is 0.258 e. The van der Waals surface area contributed by atoms with Crippen LogP contribution >= 0.6 is 23.2 Å². The van der Waals surface area contributed by atoms with E-state index in [1.807, 2.05) is 6.07 Å². The van der Waals surface area contributed by atoms with Crippen LogP contribution in [0.15, 0.2) is 53.5 Å². The van der Waals surface area contributed by atoms with Gasteiger partial charge in [0.1, 0.15) is 0 Å². The fourth-order valence-corrected chi connectivity index (χ4v) is 4.07. The first kappa shape index (κ1) is 22.3. The summed E-state index contributed by atoms with van der Waals surface area (Å²) in [6, 6.07) is 12.7. The van der Waals surface area contributed by atoms with Crippen LogP contribution in [-0.2, 0) is 17.8 Å². The minimum atomic E-state index is -0.185. The maximum absolute atomic E-state index is 12.9. The molecule has 158 valence electrons. The lowest BCUT2D eigenvalue weighted by atomic mass is 10.1. The average Bonchev–Trinajstić information content (AvgIpc) is 3.20. The summed E-state index contributed by atoms with van der Waals surface area (Å²) in [4.78, 5) is 25.4. The third-order valence-electron chi connectivity index (χ3n) is 5.22. The number of amides is 1. The standard InChI is InChI=1S/C22H21Cl2N3O2.CH4/c23-18-7-6-14(11-19(18)24)12-21(28)26-20-5-1-4-17-16(20)8-10-27(22(17)29)13-15-3-2-9-25-15;/h1,4-8,10-11,15,25H,2-3,9,12-13H2,(H,26,28);1H4/t15-;/m1./s1. The molecule has 0 unspecified atom stereocenters. The normalized spacial score (nSPS) is 15.7. The van der Waals surface area contributed by atoms with E-state index in [1.165, 1.54) is 0 Å². The van der Waals surface area contributed by atoms with Crippen molar-refractivity contribution in [2.75, 3.05) is 11.9 Å². The number of nitrogens with zero attached hydrogens (tertiary/aromatic N) is 1. The minimum absolute atomic E-state index is 0. The van der Waals surface area contributed by atoms with Gasteiger partial charge in [0.15, 0.2) is 0 Å². The number of pyridine rings is 1. The highest BCUT2D eigenvalue weighted by molar-refractivity contribution is 6.42. The van der Waals surface area contributed by atoms with Crippen LogP contribution in [0.3, 0.4) is 0 Å². The monoisotopic (exact) mass is 445 g/mol. The Hall–Kier alpha value is -2.34. The van der Waals surface area contributed by atoms with Gasteiger partial charge in [-0.2, -0.15) is 0 Å². The molecule has 5 nitrogen and oxygen atoms in total. The summed E-state index contributed by atoms with van der Waals surface area (Å²) in [7, 11) is 0. The van der Waals surface area contributed by atoms with E-state index < -0.39 is 0 Å². The average molecular weight is 446 g/mol. The molecule has 0 radical (unpaired) electrons. The van der Waals surface area contributed by atoms with Crippen LogP contribution < -0.4 is 16.2 Å². The summed E-state index contributed by atoms with van der Waals surface area (Å²) in [5.41, 5.74) is 1.34. The van der Waals surface area contributed by atoms with E-state index >= 15 is 0 Å². The fraction of sp³-hybridized carbons (Fsp3) is 0.304. The van der Waals surface area contributed by atoms with Gasteiger partial charge in [-0.3, -0.25) is 9.59 Å². The predicted molar refractivity (Wildman–Crippen MR) is 125 cm³/mol. The Bertz CT molecular complexity index is 1120. The molecule has 30 heavy (non-hydrogen) atoms. The van der Waals surface area contributed by atoms with E-state index in [4.69, 9.17) is 23.2 Å². The third-order valence-corrected chi connectivity index (χ3v) is 5.96. The van der Waals surface area contributed by atoms with E-state index in [1.54, 1.807) is 47.2 Å². The van der Waals surface area contributed by atoms with Crippen molar-refractivity contribution in [2.24, 2.45) is 0 Å². The van der Waals surface area contributed by atoms with E-state index in [2.05, 4.69) is 10.6 Å². The summed E-state index contributed by atoms with van der Waals surface area (Å²) in [6.45, 7) is 1.66. The van der Waals surface area contributed by atoms with Gasteiger partial charge in [-0.25, -0.2) is 0 Å². The number of halogens is 2. The quantitative estimate of drug-likeness (QED) is 0.588. The molecule has 3 aromatic rings. The number of benzene rings is 2. The molecule has 0 aliphatic carbocycles. The second-order valence-corrected chi connectivity index (χ2v) is 8.12. The molecule has 4 rings (SSSR count). The zero-order valence-electron chi connectivity index (χ0n) is 15.8. The largest absolute Gasteiger partial charge is 0.325 e. The zero-order valence-corrected chi connectivity index (χ0v) is 17.3. The van der Waals surface area contributed by atoms with E-state index in [0.717, 1.165) is 30.3 Å². The Labute approximate surface area is 186 Å². The summed E-state index contributed by atoms with van der Waals surface area (Å²) < 4.78 is 1.74. The van der Waals surface area contributed by atoms with Crippen LogP contribution in [0.5, 0.6) is 0 Å². The van der Waals surface area contributed by atoms with Gasteiger partial charge in [0.25, 0.3) is 5.56 Å². The zero-order chi connectivity index (χ0) is 20.4. The second kappa shape index (κ2) is 9.65. The fourth-order valence-electron chi connectivity index (χ4n) is 3.75. The van der Waals surface area contributed by atoms with Gasteiger partial charge in [-0.1, -0.05) is 42.8 Å². The first-order valence-electron chi connectivity index (χ1n) is 9.60. The minimum Gasteiger partial charge on any atom is -0.325 e. The highest BCUT2D eigenvalue weighted by Crippen LogP contribution is 2.24. The van der Waals surface area contributed by atoms with Crippen molar-refractivity contribution in [3.63, 3.8) is 0 Å². The van der Waals surface area contributed by atoms with Gasteiger partial charge in [0.05, 0.1) is 16.5 Å². The molecule has 1 fully saturated rings. The molecule has 2 N–H and O–H groups in total. The van der Waals surface area contributed by atoms with Crippen LogP contribution in [0.4, 0.5) is 5.69 Å². The molecule has 2 heterocycles. The van der Waals surface area contributed by atoms with Crippen LogP contribution in [-0.4, -0.2) is 23.1 Å². The summed E-state index contributed by atoms with van der Waals surface area (Å²) in [5.74, 6) is -0.185. The van der Waals surface area contributed by atoms with Gasteiger partial charge in [0, 0.05) is 35.2 Å². The summed E-state index contributed by atoms with van der Waals surface area (Å²) in [6.07, 6.45) is 4.19. The van der Waals surface area contributed by atoms with Crippen LogP contribution in [0.1, 0.15) is 25.8 Å². The van der Waals surface area contributed by atoms with Crippen molar-refractivity contribution < 1.29 is 4.79 Å². The van der Waals surface area contributed by atoms with E-state index in [9.17, 15) is 9.59 Å². The van der Waals surface area contributed by atoms with Crippen molar-refractivity contribution >= 4 is 45.6 Å². The number of nitrogens with one attached hydrogen (secondary N) is 2. The van der Waals surface area contributed by atoms with Crippen molar-refractivity contribution in [2.45, 2.75) is 39.3 Å². The lowest BCUT2D eigenvalue weighted by Crippen LogP contribution is -2.32. The molecule has 0 saturated carbocycles. The number of carbonyl (C=O) groups is 1. The van der Waals surface area contributed by atoms with Gasteiger partial charge in [-0.15, -0.1) is 0 Å². The molecular weight excluding hydrogens is 421 g/mol. The first-order valence-corrected chi connectivity index (χ1v) is 10.4. The number of hydrogen-bond acceptors (Lipinski definition) is 3. The predicted octanol–water partition coefficient (Wildman–Crippen LogP) is 4.88. The van der Waals surface area contributed by atoms with Crippen molar-refractivity contribution in [3.8, 4) is 0 Å². The lowest BCUT2D eigenvalue weighted by molar-refractivity contribution is -0.115. The van der Waals surface area contributed by atoms with Crippen molar-refractivity contribution in [3.05, 3.63) is 74.6 Å². The SMILES string of the molecule is C.O=C(Cc1ccc(Cl)c(Cl)c1)Nc1cccc2c(=O)n(C[C@H]3CCCN3)ccc12. The molecule has 1 atom stereocenters. The van der Waals surface area contributed by atoms with Gasteiger partial charge in [0.2, 0.25) is 5.91 Å². The molecule has 0 spiro atoms. The molecule has 1 amide bonds. The molecule has 1 aromatic heterocycles. The Morgan fingerprint density at radius 3 is 2.70 bits per heavy atom. The Morgan fingerprint density at radius 2 is 1.97 bits per heavy atom. The number of carbonyl (C=O) groups excluding carboxylic acids is 1. The maximum Gasteiger partial charge on any atom is 0.258 e. The van der Waals surface area contributed by atoms with Crippen LogP contribution in [0, 0.1) is 0 Å². The summed E-state index contributed by atoms with van der Waals surface area (Å²) >= 11 is 11.9. The van der Waals surface area contributed by atoms with Gasteiger partial charge in [-0.05, 0) is 55.3 Å². The topological polar surface area (TPSA) is 63.1 Å². The third kappa shape index (κ3) is 4.86. The number of rotatable bonds is 5. The Kier molecular flexibility index (Phi) is 7.19. The highest BCUT2D eigenvalue weighted by atomic mass is 35.5. The number of anilines is 1. The first-order chi connectivity index (χ1) is 14.0. The molecule has 1 aliphatic heterocycles. The molecule has 2 aromatic carbocycles. The second-order valence-electron chi connectivity index (χ2n) is 7.31. The molecular formula is C23H25Cl2N3O2. The summed E-state index contributed by atoms with van der Waals surface area (Å²) in [5, 5.41) is 8.52. The lowest BCUT2D eigenvalue weighted by Gasteiger charge is -2.14. The van der Waals surface area contributed by atoms with Crippen LogP contribution in [0.2, 0.25) is 10.0 Å². The highest BCUT2D eigenvalue weighted by Gasteiger charge is 2.16. The maximum atomic E-state index is 12.9. The molecule has 1 saturated heterocycles. The number of hydrogen-bond donors (Lipinski definition) is 2. The molecule has 1 aliphatic rings. The number of fused-ring (bicyclic) bond motifs is 1. The van der Waals surface area contributed by atoms with Crippen molar-refractivity contribution in [1.82, 2.24) is 9.88 Å². The van der Waals surface area contributed by atoms with Crippen molar-refractivity contribution in [1.29, 1.82) is 0 Å². The van der Waals surface area contributed by atoms with Crippen LogP contribution in [0.25, 0.3) is 10.8 Å². The Morgan fingerprint density at radius 1 is 1.13 bits per heavy atom.